The Morgan fingerprint density at radius 3 is 2.64 bits per heavy atom. The van der Waals surface area contributed by atoms with E-state index < -0.39 is 16.7 Å². The number of furan rings is 1. The summed E-state index contributed by atoms with van der Waals surface area (Å²) in [5.74, 6) is -0.579. The van der Waals surface area contributed by atoms with Crippen LogP contribution in [0.15, 0.2) is 41.0 Å². The second-order valence-corrected chi connectivity index (χ2v) is 6.39. The lowest BCUT2D eigenvalue weighted by Gasteiger charge is -2.13. The third-order valence-electron chi connectivity index (χ3n) is 4.50. The van der Waals surface area contributed by atoms with Crippen molar-refractivity contribution in [2.45, 2.75) is 32.2 Å². The molecule has 1 aromatic carbocycles. The van der Waals surface area contributed by atoms with Crippen molar-refractivity contribution in [3.63, 3.8) is 0 Å². The van der Waals surface area contributed by atoms with Gasteiger partial charge in [-0.15, -0.1) is 0 Å². The largest absolute Gasteiger partial charge is 0.467 e. The van der Waals surface area contributed by atoms with Gasteiger partial charge in [0.05, 0.1) is 23.3 Å². The molecule has 2 heterocycles. The van der Waals surface area contributed by atoms with Crippen LogP contribution in [-0.2, 0) is 11.3 Å². The van der Waals surface area contributed by atoms with E-state index in [4.69, 9.17) is 4.42 Å². The van der Waals surface area contributed by atoms with Gasteiger partial charge in [0.25, 0.3) is 17.5 Å². The number of hydrogen-bond donors (Lipinski definition) is 1. The first-order valence-corrected chi connectivity index (χ1v) is 8.91. The number of benzene rings is 1. The molecular formula is C19H19N3O6. The van der Waals surface area contributed by atoms with Crippen LogP contribution in [0, 0.1) is 10.1 Å². The van der Waals surface area contributed by atoms with Crippen LogP contribution < -0.4 is 5.32 Å². The van der Waals surface area contributed by atoms with Crippen molar-refractivity contribution >= 4 is 23.4 Å². The molecule has 0 atom stereocenters. The number of carbonyl (C=O) groups excluding carboxylic acids is 3. The Bertz CT molecular complexity index is 906. The minimum atomic E-state index is -0.658. The van der Waals surface area contributed by atoms with Gasteiger partial charge in [0.2, 0.25) is 5.91 Å². The normalized spacial score (nSPS) is 12.9. The van der Waals surface area contributed by atoms with Crippen LogP contribution >= 0.6 is 0 Å². The van der Waals surface area contributed by atoms with Crippen LogP contribution in [0.2, 0.25) is 0 Å². The molecule has 1 N–H and O–H groups in total. The summed E-state index contributed by atoms with van der Waals surface area (Å²) < 4.78 is 5.13. The Morgan fingerprint density at radius 1 is 1.11 bits per heavy atom. The van der Waals surface area contributed by atoms with Crippen LogP contribution in [0.5, 0.6) is 0 Å². The first-order valence-electron chi connectivity index (χ1n) is 8.91. The van der Waals surface area contributed by atoms with Crippen molar-refractivity contribution in [1.82, 2.24) is 10.2 Å². The molecule has 0 saturated carbocycles. The van der Waals surface area contributed by atoms with E-state index in [2.05, 4.69) is 5.32 Å². The van der Waals surface area contributed by atoms with E-state index in [1.54, 1.807) is 12.1 Å². The number of fused-ring (bicyclic) bond motifs is 1. The maximum atomic E-state index is 12.4. The van der Waals surface area contributed by atoms with Crippen LogP contribution in [0.1, 0.15) is 52.2 Å². The van der Waals surface area contributed by atoms with E-state index in [0.717, 1.165) is 4.90 Å². The molecule has 0 radical (unpaired) electrons. The maximum absolute atomic E-state index is 12.4. The Morgan fingerprint density at radius 2 is 1.93 bits per heavy atom. The molecule has 146 valence electrons. The molecule has 1 aliphatic rings. The first kappa shape index (κ1) is 19.3. The molecular weight excluding hydrogens is 366 g/mol. The fraction of sp³-hybridized carbons (Fsp3) is 0.316. The van der Waals surface area contributed by atoms with Gasteiger partial charge in [-0.1, -0.05) is 12.5 Å². The number of rotatable bonds is 9. The predicted molar refractivity (Wildman–Crippen MR) is 97.5 cm³/mol. The molecule has 3 rings (SSSR count). The van der Waals surface area contributed by atoms with E-state index in [9.17, 15) is 24.5 Å². The van der Waals surface area contributed by atoms with Crippen molar-refractivity contribution in [2.24, 2.45) is 0 Å². The van der Waals surface area contributed by atoms with E-state index in [-0.39, 0.29) is 29.3 Å². The molecule has 3 amide bonds. The second-order valence-electron chi connectivity index (χ2n) is 6.39. The van der Waals surface area contributed by atoms with Crippen molar-refractivity contribution in [3.8, 4) is 0 Å². The van der Waals surface area contributed by atoms with Gasteiger partial charge >= 0.3 is 0 Å². The lowest BCUT2D eigenvalue weighted by atomic mass is 10.1. The zero-order valence-corrected chi connectivity index (χ0v) is 15.1. The van der Waals surface area contributed by atoms with E-state index in [1.165, 1.54) is 24.5 Å². The van der Waals surface area contributed by atoms with Gasteiger partial charge in [-0.2, -0.15) is 0 Å². The van der Waals surface area contributed by atoms with Gasteiger partial charge in [0.1, 0.15) is 11.3 Å². The number of hydrogen-bond acceptors (Lipinski definition) is 6. The summed E-state index contributed by atoms with van der Waals surface area (Å²) in [7, 11) is 0. The van der Waals surface area contributed by atoms with Gasteiger partial charge in [-0.05, 0) is 31.0 Å². The third-order valence-corrected chi connectivity index (χ3v) is 4.50. The number of nitrogens with one attached hydrogen (secondary N) is 1. The zero-order valence-electron chi connectivity index (χ0n) is 15.1. The van der Waals surface area contributed by atoms with Gasteiger partial charge in [-0.25, -0.2) is 0 Å². The molecule has 0 unspecified atom stereocenters. The molecule has 1 aliphatic heterocycles. The molecule has 0 saturated heterocycles. The highest BCUT2D eigenvalue weighted by Gasteiger charge is 2.40. The Hall–Kier alpha value is -3.49. The summed E-state index contributed by atoms with van der Waals surface area (Å²) in [6.07, 6.45) is 3.63. The minimum Gasteiger partial charge on any atom is -0.467 e. The minimum absolute atomic E-state index is 0.0662. The lowest BCUT2D eigenvalue weighted by molar-refractivity contribution is -0.385. The van der Waals surface area contributed by atoms with Crippen molar-refractivity contribution in [3.05, 3.63) is 63.6 Å². The van der Waals surface area contributed by atoms with Crippen molar-refractivity contribution in [1.29, 1.82) is 0 Å². The summed E-state index contributed by atoms with van der Waals surface area (Å²) in [6, 6.07) is 7.55. The van der Waals surface area contributed by atoms with E-state index in [0.29, 0.717) is 38.0 Å². The average Bonchev–Trinajstić information content (AvgIpc) is 3.28. The predicted octanol–water partition coefficient (Wildman–Crippen LogP) is 2.66. The highest BCUT2D eigenvalue weighted by atomic mass is 16.6. The second kappa shape index (κ2) is 8.47. The Kier molecular flexibility index (Phi) is 5.83. The molecule has 0 spiro atoms. The molecule has 0 fully saturated rings. The summed E-state index contributed by atoms with van der Waals surface area (Å²) in [4.78, 5) is 48.0. The maximum Gasteiger partial charge on any atom is 0.282 e. The number of unbranched alkanes of at least 4 members (excludes halogenated alkanes) is 2. The fourth-order valence-corrected chi connectivity index (χ4v) is 3.09. The highest BCUT2D eigenvalue weighted by molar-refractivity contribution is 6.23. The lowest BCUT2D eigenvalue weighted by Crippen LogP contribution is -2.30. The van der Waals surface area contributed by atoms with Crippen LogP contribution in [0.4, 0.5) is 5.69 Å². The van der Waals surface area contributed by atoms with Gasteiger partial charge in [0.15, 0.2) is 0 Å². The SMILES string of the molecule is O=C(CCCCCN1C(=O)c2cccc([N+](=O)[O-])c2C1=O)NCc1ccco1. The number of nitro benzene ring substituents is 1. The van der Waals surface area contributed by atoms with Crippen molar-refractivity contribution in [2.75, 3.05) is 6.54 Å². The Labute approximate surface area is 160 Å². The van der Waals surface area contributed by atoms with E-state index in [1.807, 2.05) is 0 Å². The zero-order chi connectivity index (χ0) is 20.1. The van der Waals surface area contributed by atoms with Gasteiger partial charge < -0.3 is 9.73 Å². The third kappa shape index (κ3) is 4.08. The molecule has 9 heteroatoms. The van der Waals surface area contributed by atoms with Crippen LogP contribution in [-0.4, -0.2) is 34.1 Å². The van der Waals surface area contributed by atoms with Crippen LogP contribution in [0.3, 0.4) is 0 Å². The fourth-order valence-electron chi connectivity index (χ4n) is 3.09. The highest BCUT2D eigenvalue weighted by Crippen LogP contribution is 2.30. The smallest absolute Gasteiger partial charge is 0.282 e. The Balaban J connectivity index is 1.43. The summed E-state index contributed by atoms with van der Waals surface area (Å²) in [6.45, 7) is 0.497. The quantitative estimate of drug-likeness (QED) is 0.306. The summed E-state index contributed by atoms with van der Waals surface area (Å²) >= 11 is 0. The molecule has 9 nitrogen and oxygen atoms in total. The molecule has 28 heavy (non-hydrogen) atoms. The molecule has 0 bridgehead atoms. The molecule has 0 aliphatic carbocycles. The van der Waals surface area contributed by atoms with E-state index >= 15 is 0 Å². The number of amides is 3. The summed E-state index contributed by atoms with van der Waals surface area (Å²) in [5, 5.41) is 13.8. The monoisotopic (exact) mass is 385 g/mol. The molecule has 1 aromatic heterocycles. The topological polar surface area (TPSA) is 123 Å². The summed E-state index contributed by atoms with van der Waals surface area (Å²) in [5.41, 5.74) is -0.433. The van der Waals surface area contributed by atoms with Gasteiger partial charge in [-0.3, -0.25) is 29.4 Å². The van der Waals surface area contributed by atoms with Crippen LogP contribution in [0.25, 0.3) is 0 Å². The number of imide groups is 1. The number of nitrogens with zero attached hydrogens (tertiary/aromatic N) is 2. The average molecular weight is 385 g/mol. The number of nitro groups is 1. The number of carbonyl (C=O) groups is 3. The standard InChI is InChI=1S/C19H19N3O6/c23-16(20-12-13-6-5-11-28-13)9-2-1-3-10-21-18(24)14-7-4-8-15(22(26)27)17(14)19(21)25/h4-8,11H,1-3,9-10,12H2,(H,20,23). The van der Waals surface area contributed by atoms with Crippen molar-refractivity contribution < 1.29 is 23.7 Å². The first-order chi connectivity index (χ1) is 13.5. The molecule has 2 aromatic rings. The van der Waals surface area contributed by atoms with Gasteiger partial charge in [0, 0.05) is 19.0 Å².